The molecule has 0 aromatic heterocycles. The number of hydrogen-bond donors (Lipinski definition) is 0. The van der Waals surface area contributed by atoms with Gasteiger partial charge in [-0.05, 0) is 0 Å². The van der Waals surface area contributed by atoms with Crippen molar-refractivity contribution in [2.45, 2.75) is 0 Å². The van der Waals surface area contributed by atoms with Gasteiger partial charge in [0, 0.05) is 17.4 Å². The summed E-state index contributed by atoms with van der Waals surface area (Å²) in [6, 6.07) is 0. The zero-order valence-electron chi connectivity index (χ0n) is 1.63. The van der Waals surface area contributed by atoms with Crippen LogP contribution in [0.15, 0.2) is 0 Å². The fourth-order valence-electron chi connectivity index (χ4n) is 0. The first kappa shape index (κ1) is 189. The molecule has 0 radical (unpaired) electrons. The predicted molar refractivity (Wildman–Crippen MR) is 17.4 cm³/mol. The maximum absolute atomic E-state index is 0. The maximum Gasteiger partial charge on any atom is 0.187 e. The Bertz CT molecular complexity index is 6.85. The molecule has 0 aliphatic carbocycles. The van der Waals surface area contributed by atoms with E-state index in [1.54, 1.807) is 0 Å². The van der Waals surface area contributed by atoms with E-state index in [9.17, 15) is 0 Å². The van der Waals surface area contributed by atoms with Crippen molar-refractivity contribution in [2.24, 2.45) is 0 Å². The monoisotopic (exact) mass is 142 g/mol. The van der Waals surface area contributed by atoms with E-state index in [1.807, 2.05) is 0 Å². The molecular formula is H6AlCrF3. The molecular weight excluding hydrogens is 136 g/mol. The molecule has 0 heterocycles. The Morgan fingerprint density at radius 1 is 0.600 bits per heavy atom. The average molecular weight is 142 g/mol. The van der Waals surface area contributed by atoms with Crippen molar-refractivity contribution in [3.63, 3.8) is 0 Å². The van der Waals surface area contributed by atoms with Crippen molar-refractivity contribution in [2.75, 3.05) is 0 Å². The summed E-state index contributed by atoms with van der Waals surface area (Å²) in [5, 5.41) is 0. The molecule has 0 amide bonds. The summed E-state index contributed by atoms with van der Waals surface area (Å²) < 4.78 is 0. The van der Waals surface area contributed by atoms with Crippen molar-refractivity contribution < 1.29 is 31.5 Å². The molecule has 0 nitrogen and oxygen atoms in total. The second kappa shape index (κ2) is 98.7. The van der Waals surface area contributed by atoms with Crippen LogP contribution in [0.4, 0.5) is 14.1 Å². The van der Waals surface area contributed by atoms with Gasteiger partial charge in [0.1, 0.15) is 0 Å². The van der Waals surface area contributed by atoms with Gasteiger partial charge < -0.3 is 0 Å². The molecule has 0 saturated heterocycles. The minimum absolute atomic E-state index is 0. The predicted octanol–water partition coefficient (Wildman–Crippen LogP) is -0.729. The molecule has 5 heteroatoms. The Morgan fingerprint density at radius 3 is 0.600 bits per heavy atom. The van der Waals surface area contributed by atoms with Crippen LogP contribution in [0, 0.1) is 0 Å². The minimum atomic E-state index is 0. The molecule has 0 aromatic rings. The molecule has 0 bridgehead atoms. The first-order valence-electron chi connectivity index (χ1n) is 0. The third kappa shape index (κ3) is 54.1. The standard InChI is InChI=1S/Al.Cr.3FH.3H/h;;3*1H;;;. The summed E-state index contributed by atoms with van der Waals surface area (Å²) in [7, 11) is 0. The quantitative estimate of drug-likeness (QED) is 0.391. The zero-order valence-corrected chi connectivity index (χ0v) is 2.91. The van der Waals surface area contributed by atoms with Gasteiger partial charge in [0.25, 0.3) is 0 Å². The number of rotatable bonds is 0. The van der Waals surface area contributed by atoms with E-state index < -0.39 is 0 Å². The molecule has 0 aliphatic heterocycles. The van der Waals surface area contributed by atoms with Crippen LogP contribution in [0.2, 0.25) is 0 Å². The third-order valence-corrected chi connectivity index (χ3v) is 0. The Balaban J connectivity index is 0. The molecule has 0 fully saturated rings. The van der Waals surface area contributed by atoms with E-state index in [2.05, 4.69) is 0 Å². The van der Waals surface area contributed by atoms with Crippen molar-refractivity contribution in [1.82, 2.24) is 0 Å². The van der Waals surface area contributed by atoms with Crippen molar-refractivity contribution in [3.8, 4) is 0 Å². The van der Waals surface area contributed by atoms with E-state index in [1.165, 1.54) is 0 Å². The molecule has 0 atom stereocenters. The molecule has 0 aliphatic rings. The minimum Gasteiger partial charge on any atom is -0.269 e. The van der Waals surface area contributed by atoms with E-state index >= 15 is 0 Å². The second-order valence-corrected chi connectivity index (χ2v) is 0. The summed E-state index contributed by atoms with van der Waals surface area (Å²) in [5.41, 5.74) is 0. The van der Waals surface area contributed by atoms with Crippen molar-refractivity contribution >= 4 is 17.4 Å². The SMILES string of the molecule is F.F.F.[AlH3].[Cr]. The molecule has 0 saturated carbocycles. The van der Waals surface area contributed by atoms with Gasteiger partial charge in [0.15, 0.2) is 17.4 Å². The summed E-state index contributed by atoms with van der Waals surface area (Å²) in [4.78, 5) is 0. The van der Waals surface area contributed by atoms with Crippen LogP contribution in [-0.4, -0.2) is 17.4 Å². The molecule has 36 valence electrons. The molecule has 5 heavy (non-hydrogen) atoms. The molecule has 0 rings (SSSR count). The van der Waals surface area contributed by atoms with Crippen LogP contribution in [0.3, 0.4) is 0 Å². The normalized spacial score (nSPS) is 0. The molecule has 0 N–H and O–H groups in total. The van der Waals surface area contributed by atoms with Crippen LogP contribution >= 0.6 is 0 Å². The van der Waals surface area contributed by atoms with Crippen LogP contribution in [-0.2, 0) is 17.4 Å². The van der Waals surface area contributed by atoms with Crippen molar-refractivity contribution in [3.05, 3.63) is 0 Å². The Labute approximate surface area is 49.3 Å². The topological polar surface area (TPSA) is 0 Å². The summed E-state index contributed by atoms with van der Waals surface area (Å²) in [6.07, 6.45) is 0. The van der Waals surface area contributed by atoms with E-state index in [4.69, 9.17) is 0 Å². The smallest absolute Gasteiger partial charge is 0.187 e. The van der Waals surface area contributed by atoms with Gasteiger partial charge in [0.2, 0.25) is 0 Å². The van der Waals surface area contributed by atoms with Crippen molar-refractivity contribution in [1.29, 1.82) is 0 Å². The van der Waals surface area contributed by atoms with Crippen LogP contribution in [0.25, 0.3) is 0 Å². The average Bonchev–Trinajstić information content (AvgIpc) is 0. The summed E-state index contributed by atoms with van der Waals surface area (Å²) in [6.45, 7) is 0. The Morgan fingerprint density at radius 2 is 0.600 bits per heavy atom. The second-order valence-electron chi connectivity index (χ2n) is 0. The largest absolute Gasteiger partial charge is 0.269 e. The van der Waals surface area contributed by atoms with E-state index in [0.29, 0.717) is 0 Å². The maximum atomic E-state index is 0. The van der Waals surface area contributed by atoms with Gasteiger partial charge in [-0.2, -0.15) is 0 Å². The Hall–Kier alpha value is 0.855. The number of hydrogen-bond acceptors (Lipinski definition) is 0. The van der Waals surface area contributed by atoms with Crippen LogP contribution in [0.5, 0.6) is 0 Å². The van der Waals surface area contributed by atoms with Gasteiger partial charge in [-0.15, -0.1) is 0 Å². The Kier molecular flexibility index (Phi) is 3730. The molecule has 0 unspecified atom stereocenters. The molecule has 0 spiro atoms. The van der Waals surface area contributed by atoms with Gasteiger partial charge in [-0.25, -0.2) is 0 Å². The fourth-order valence-corrected chi connectivity index (χ4v) is 0. The third-order valence-electron chi connectivity index (χ3n) is 0. The summed E-state index contributed by atoms with van der Waals surface area (Å²) in [5.74, 6) is 0. The van der Waals surface area contributed by atoms with Crippen LogP contribution < -0.4 is 0 Å². The number of halogens is 3. The first-order valence-corrected chi connectivity index (χ1v) is 0. The van der Waals surface area contributed by atoms with E-state index in [-0.39, 0.29) is 48.8 Å². The summed E-state index contributed by atoms with van der Waals surface area (Å²) >= 11 is 0. The van der Waals surface area contributed by atoms with Gasteiger partial charge in [0.05, 0.1) is 0 Å². The van der Waals surface area contributed by atoms with E-state index in [0.717, 1.165) is 0 Å². The first-order chi connectivity index (χ1) is 0. The van der Waals surface area contributed by atoms with Gasteiger partial charge in [-0.1, -0.05) is 0 Å². The fraction of sp³-hybridized carbons (Fsp3) is 0. The zero-order chi connectivity index (χ0) is 0. The molecule has 0 aromatic carbocycles. The van der Waals surface area contributed by atoms with Crippen LogP contribution in [0.1, 0.15) is 0 Å². The van der Waals surface area contributed by atoms with Gasteiger partial charge in [-0.3, -0.25) is 14.1 Å². The van der Waals surface area contributed by atoms with Gasteiger partial charge >= 0.3 is 0 Å².